The van der Waals surface area contributed by atoms with E-state index in [0.717, 1.165) is 25.6 Å². The Morgan fingerprint density at radius 1 is 1.50 bits per heavy atom. The summed E-state index contributed by atoms with van der Waals surface area (Å²) in [6, 6.07) is 0. The summed E-state index contributed by atoms with van der Waals surface area (Å²) in [7, 11) is 3.64. The smallest absolute Gasteiger partial charge is 0.193 e. The Morgan fingerprint density at radius 2 is 2.14 bits per heavy atom. The molecule has 0 aromatic carbocycles. The molecule has 0 aliphatic carbocycles. The summed E-state index contributed by atoms with van der Waals surface area (Å²) in [5, 5.41) is 3.14. The van der Waals surface area contributed by atoms with Crippen LogP contribution in [0, 0.1) is 0 Å². The van der Waals surface area contributed by atoms with Gasteiger partial charge in [0.1, 0.15) is 0 Å². The van der Waals surface area contributed by atoms with Gasteiger partial charge in [-0.25, -0.2) is 0 Å². The fourth-order valence-corrected chi connectivity index (χ4v) is 1.56. The van der Waals surface area contributed by atoms with Crippen LogP contribution in [0.25, 0.3) is 0 Å². The van der Waals surface area contributed by atoms with Gasteiger partial charge in [-0.15, -0.1) is 0 Å². The van der Waals surface area contributed by atoms with Crippen molar-refractivity contribution < 1.29 is 4.74 Å². The van der Waals surface area contributed by atoms with Gasteiger partial charge in [-0.2, -0.15) is 0 Å². The maximum Gasteiger partial charge on any atom is 0.193 e. The molecule has 1 fully saturated rings. The van der Waals surface area contributed by atoms with Crippen LogP contribution < -0.4 is 5.32 Å². The summed E-state index contributed by atoms with van der Waals surface area (Å²) >= 11 is 0. The van der Waals surface area contributed by atoms with Gasteiger partial charge in [0, 0.05) is 27.2 Å². The first-order valence-electron chi connectivity index (χ1n) is 5.28. The minimum absolute atomic E-state index is 0.195. The lowest BCUT2D eigenvalue weighted by Gasteiger charge is -2.20. The molecule has 1 N–H and O–H groups in total. The Hall–Kier alpha value is -0.770. The largest absolute Gasteiger partial charge is 0.380 e. The van der Waals surface area contributed by atoms with Crippen molar-refractivity contribution in [2.45, 2.75) is 25.9 Å². The topological polar surface area (TPSA) is 36.9 Å². The molecule has 1 rings (SSSR count). The van der Waals surface area contributed by atoms with Crippen molar-refractivity contribution in [2.24, 2.45) is 4.99 Å². The van der Waals surface area contributed by atoms with Gasteiger partial charge < -0.3 is 15.0 Å². The highest BCUT2D eigenvalue weighted by Crippen LogP contribution is 2.07. The number of nitrogens with one attached hydrogen (secondary N) is 1. The number of aliphatic imine (C=N–C) groups is 1. The maximum absolute atomic E-state index is 5.15. The molecule has 1 aliphatic heterocycles. The monoisotopic (exact) mass is 199 g/mol. The Balaban J connectivity index is 2.43. The molecular weight excluding hydrogens is 178 g/mol. The second-order valence-corrected chi connectivity index (χ2v) is 3.65. The van der Waals surface area contributed by atoms with Crippen LogP contribution >= 0.6 is 0 Å². The Morgan fingerprint density at radius 3 is 2.64 bits per heavy atom. The van der Waals surface area contributed by atoms with E-state index in [9.17, 15) is 0 Å². The average molecular weight is 199 g/mol. The number of methoxy groups -OCH3 is 1. The first-order valence-corrected chi connectivity index (χ1v) is 5.28. The van der Waals surface area contributed by atoms with Crippen molar-refractivity contribution in [1.29, 1.82) is 0 Å². The third-order valence-corrected chi connectivity index (χ3v) is 2.53. The standard InChI is InChI=1S/C10H21N3O/c1-9(14-3)8-12-10(11-2)13-6-4-5-7-13/h9H,4-8H2,1-3H3,(H,11,12). The van der Waals surface area contributed by atoms with Crippen molar-refractivity contribution in [3.05, 3.63) is 0 Å². The normalized spacial score (nSPS) is 19.9. The highest BCUT2D eigenvalue weighted by molar-refractivity contribution is 5.79. The van der Waals surface area contributed by atoms with Crippen LogP contribution in [-0.2, 0) is 4.74 Å². The van der Waals surface area contributed by atoms with E-state index in [1.54, 1.807) is 7.11 Å². The number of hydrogen-bond acceptors (Lipinski definition) is 2. The highest BCUT2D eigenvalue weighted by Gasteiger charge is 2.14. The van der Waals surface area contributed by atoms with Crippen molar-refractivity contribution in [2.75, 3.05) is 33.8 Å². The minimum Gasteiger partial charge on any atom is -0.380 e. The van der Waals surface area contributed by atoms with Gasteiger partial charge in [0.05, 0.1) is 12.6 Å². The number of ether oxygens (including phenoxy) is 1. The van der Waals surface area contributed by atoms with E-state index < -0.39 is 0 Å². The minimum atomic E-state index is 0.195. The van der Waals surface area contributed by atoms with Gasteiger partial charge in [0.2, 0.25) is 0 Å². The van der Waals surface area contributed by atoms with Crippen LogP contribution in [0.4, 0.5) is 0 Å². The second-order valence-electron chi connectivity index (χ2n) is 3.65. The van der Waals surface area contributed by atoms with E-state index in [-0.39, 0.29) is 6.10 Å². The van der Waals surface area contributed by atoms with Crippen LogP contribution in [0.2, 0.25) is 0 Å². The first-order chi connectivity index (χ1) is 6.77. The number of guanidine groups is 1. The summed E-state index contributed by atoms with van der Waals surface area (Å²) < 4.78 is 5.15. The van der Waals surface area contributed by atoms with Crippen molar-refractivity contribution in [3.8, 4) is 0 Å². The molecule has 4 nitrogen and oxygen atoms in total. The number of nitrogens with zero attached hydrogens (tertiary/aromatic N) is 2. The molecule has 1 heterocycles. The fourth-order valence-electron chi connectivity index (χ4n) is 1.56. The molecule has 1 atom stereocenters. The summed E-state index contributed by atoms with van der Waals surface area (Å²) in [6.45, 7) is 5.01. The number of rotatable bonds is 3. The van der Waals surface area contributed by atoms with Gasteiger partial charge in [-0.1, -0.05) is 0 Å². The molecule has 82 valence electrons. The van der Waals surface area contributed by atoms with E-state index in [4.69, 9.17) is 4.74 Å². The summed E-state index contributed by atoms with van der Waals surface area (Å²) in [5.74, 6) is 1.01. The zero-order chi connectivity index (χ0) is 10.4. The highest BCUT2D eigenvalue weighted by atomic mass is 16.5. The molecule has 0 aromatic rings. The lowest BCUT2D eigenvalue weighted by molar-refractivity contribution is 0.125. The molecule has 0 radical (unpaired) electrons. The number of likely N-dealkylation sites (tertiary alicyclic amines) is 1. The third-order valence-electron chi connectivity index (χ3n) is 2.53. The summed E-state index contributed by atoms with van der Waals surface area (Å²) in [6.07, 6.45) is 2.75. The van der Waals surface area contributed by atoms with Gasteiger partial charge >= 0.3 is 0 Å². The second kappa shape index (κ2) is 5.86. The Bertz CT molecular complexity index is 188. The predicted octanol–water partition coefficient (Wildman–Crippen LogP) is 0.692. The van der Waals surface area contributed by atoms with Gasteiger partial charge in [0.25, 0.3) is 0 Å². The van der Waals surface area contributed by atoms with Gasteiger partial charge in [-0.05, 0) is 19.8 Å². The molecule has 14 heavy (non-hydrogen) atoms. The van der Waals surface area contributed by atoms with E-state index in [1.807, 2.05) is 14.0 Å². The van der Waals surface area contributed by atoms with E-state index in [0.29, 0.717) is 0 Å². The maximum atomic E-state index is 5.15. The zero-order valence-corrected chi connectivity index (χ0v) is 9.42. The molecule has 4 heteroatoms. The van der Waals surface area contributed by atoms with Crippen LogP contribution in [0.3, 0.4) is 0 Å². The summed E-state index contributed by atoms with van der Waals surface area (Å²) in [5.41, 5.74) is 0. The van der Waals surface area contributed by atoms with E-state index >= 15 is 0 Å². The Labute approximate surface area is 86.3 Å². The van der Waals surface area contributed by atoms with Crippen LogP contribution in [-0.4, -0.2) is 50.8 Å². The van der Waals surface area contributed by atoms with E-state index in [2.05, 4.69) is 15.2 Å². The fraction of sp³-hybridized carbons (Fsp3) is 0.900. The lowest BCUT2D eigenvalue weighted by Crippen LogP contribution is -2.38. The molecule has 0 amide bonds. The predicted molar refractivity (Wildman–Crippen MR) is 58.6 cm³/mol. The van der Waals surface area contributed by atoms with Crippen LogP contribution in [0.5, 0.6) is 0 Å². The first kappa shape index (κ1) is 11.3. The van der Waals surface area contributed by atoms with Crippen molar-refractivity contribution in [3.63, 3.8) is 0 Å². The van der Waals surface area contributed by atoms with Crippen LogP contribution in [0.15, 0.2) is 4.99 Å². The lowest BCUT2D eigenvalue weighted by atomic mass is 10.4. The average Bonchev–Trinajstić information content (AvgIpc) is 2.72. The molecule has 0 saturated carbocycles. The van der Waals surface area contributed by atoms with Crippen molar-refractivity contribution in [1.82, 2.24) is 10.2 Å². The van der Waals surface area contributed by atoms with Gasteiger partial charge in [0.15, 0.2) is 5.96 Å². The van der Waals surface area contributed by atoms with E-state index in [1.165, 1.54) is 12.8 Å². The zero-order valence-electron chi connectivity index (χ0n) is 9.42. The Kier molecular flexibility index (Phi) is 4.73. The third kappa shape index (κ3) is 3.18. The molecule has 1 saturated heterocycles. The summed E-state index contributed by atoms with van der Waals surface area (Å²) in [4.78, 5) is 6.80. The molecule has 0 bridgehead atoms. The van der Waals surface area contributed by atoms with Crippen LogP contribution in [0.1, 0.15) is 19.8 Å². The molecule has 0 spiro atoms. The molecule has 1 unspecified atom stereocenters. The quantitative estimate of drug-likeness (QED) is 0.537. The van der Waals surface area contributed by atoms with Gasteiger partial charge in [-0.3, -0.25) is 4.99 Å². The molecule has 1 aliphatic rings. The number of hydrogen-bond donors (Lipinski definition) is 1. The SMILES string of the molecule is CN/C(=N\CC(C)OC)N1CCCC1. The molecule has 0 aromatic heterocycles. The van der Waals surface area contributed by atoms with Crippen molar-refractivity contribution >= 4 is 5.96 Å². The molecular formula is C10H21N3O.